The fourth-order valence-electron chi connectivity index (χ4n) is 1.20. The highest BCUT2D eigenvalue weighted by Crippen LogP contribution is 2.13. The third kappa shape index (κ3) is 1.69. The molecule has 0 radical (unpaired) electrons. The second-order valence-corrected chi connectivity index (χ2v) is 2.96. The Morgan fingerprint density at radius 1 is 1.07 bits per heavy atom. The lowest BCUT2D eigenvalue weighted by Crippen LogP contribution is -1.96. The van der Waals surface area contributed by atoms with Crippen LogP contribution >= 0.6 is 0 Å². The summed E-state index contributed by atoms with van der Waals surface area (Å²) in [6.07, 6.45) is 1.63. The highest BCUT2D eigenvalue weighted by Gasteiger charge is 2.00. The van der Waals surface area contributed by atoms with Gasteiger partial charge in [-0.05, 0) is 25.1 Å². The monoisotopic (exact) mass is 186 g/mol. The van der Waals surface area contributed by atoms with E-state index < -0.39 is 0 Å². The van der Waals surface area contributed by atoms with Crippen LogP contribution in [0.3, 0.4) is 0 Å². The van der Waals surface area contributed by atoms with E-state index in [1.807, 2.05) is 25.1 Å². The number of hydrogen-bond acceptors (Lipinski definition) is 4. The first-order valence-electron chi connectivity index (χ1n) is 4.28. The van der Waals surface area contributed by atoms with Gasteiger partial charge in [-0.3, -0.25) is 4.98 Å². The van der Waals surface area contributed by atoms with E-state index in [0.717, 1.165) is 17.1 Å². The maximum absolute atomic E-state index is 5.48. The molecule has 0 aliphatic carbocycles. The Kier molecular flexibility index (Phi) is 2.10. The van der Waals surface area contributed by atoms with Crippen LogP contribution in [-0.2, 0) is 0 Å². The normalized spacial score (nSPS) is 10.1. The summed E-state index contributed by atoms with van der Waals surface area (Å²) in [5.74, 6) is 0.269. The summed E-state index contributed by atoms with van der Waals surface area (Å²) < 4.78 is 0. The summed E-state index contributed by atoms with van der Waals surface area (Å²) in [6.45, 7) is 1.94. The van der Waals surface area contributed by atoms with Crippen molar-refractivity contribution >= 4 is 5.95 Å². The molecule has 0 saturated heterocycles. The first-order valence-corrected chi connectivity index (χ1v) is 4.28. The predicted molar refractivity (Wildman–Crippen MR) is 54.4 cm³/mol. The third-order valence-corrected chi connectivity index (χ3v) is 1.82. The summed E-state index contributed by atoms with van der Waals surface area (Å²) >= 11 is 0. The van der Waals surface area contributed by atoms with E-state index in [1.165, 1.54) is 0 Å². The van der Waals surface area contributed by atoms with Crippen molar-refractivity contribution in [2.45, 2.75) is 6.92 Å². The summed E-state index contributed by atoms with van der Waals surface area (Å²) in [7, 11) is 0. The summed E-state index contributed by atoms with van der Waals surface area (Å²) in [6, 6.07) is 7.57. The van der Waals surface area contributed by atoms with Crippen LogP contribution in [0.2, 0.25) is 0 Å². The molecule has 0 amide bonds. The van der Waals surface area contributed by atoms with Crippen molar-refractivity contribution in [1.29, 1.82) is 0 Å². The SMILES string of the molecule is Cc1cccc(-c2ccnc(N)n2)n1. The van der Waals surface area contributed by atoms with Crippen molar-refractivity contribution in [3.8, 4) is 11.4 Å². The summed E-state index contributed by atoms with van der Waals surface area (Å²) in [5, 5.41) is 0. The molecule has 2 heterocycles. The van der Waals surface area contributed by atoms with Gasteiger partial charge in [0.2, 0.25) is 5.95 Å². The Balaban J connectivity index is 2.49. The largest absolute Gasteiger partial charge is 0.368 e. The first kappa shape index (κ1) is 8.62. The average Bonchev–Trinajstić information content (AvgIpc) is 2.18. The van der Waals surface area contributed by atoms with Crippen molar-refractivity contribution in [3.63, 3.8) is 0 Å². The molecule has 0 aliphatic rings. The third-order valence-electron chi connectivity index (χ3n) is 1.82. The minimum atomic E-state index is 0.269. The van der Waals surface area contributed by atoms with Crippen molar-refractivity contribution in [2.75, 3.05) is 5.73 Å². The number of aromatic nitrogens is 3. The number of aryl methyl sites for hydroxylation is 1. The lowest BCUT2D eigenvalue weighted by atomic mass is 10.2. The van der Waals surface area contributed by atoms with E-state index >= 15 is 0 Å². The Morgan fingerprint density at radius 3 is 2.57 bits per heavy atom. The maximum Gasteiger partial charge on any atom is 0.220 e. The quantitative estimate of drug-likeness (QED) is 0.731. The Morgan fingerprint density at radius 2 is 1.86 bits per heavy atom. The van der Waals surface area contributed by atoms with Crippen molar-refractivity contribution in [3.05, 3.63) is 36.2 Å². The molecule has 70 valence electrons. The van der Waals surface area contributed by atoms with Gasteiger partial charge in [0, 0.05) is 11.9 Å². The minimum Gasteiger partial charge on any atom is -0.368 e. The first-order chi connectivity index (χ1) is 6.75. The van der Waals surface area contributed by atoms with Gasteiger partial charge in [-0.25, -0.2) is 9.97 Å². The maximum atomic E-state index is 5.48. The van der Waals surface area contributed by atoms with E-state index in [4.69, 9.17) is 5.73 Å². The van der Waals surface area contributed by atoms with Gasteiger partial charge < -0.3 is 5.73 Å². The molecular formula is C10H10N4. The van der Waals surface area contributed by atoms with Gasteiger partial charge in [-0.2, -0.15) is 0 Å². The lowest BCUT2D eigenvalue weighted by molar-refractivity contribution is 1.14. The van der Waals surface area contributed by atoms with Crippen LogP contribution in [0.4, 0.5) is 5.95 Å². The number of anilines is 1. The van der Waals surface area contributed by atoms with E-state index in [0.29, 0.717) is 0 Å². The van der Waals surface area contributed by atoms with E-state index in [-0.39, 0.29) is 5.95 Å². The van der Waals surface area contributed by atoms with Crippen molar-refractivity contribution in [1.82, 2.24) is 15.0 Å². The van der Waals surface area contributed by atoms with Crippen LogP contribution < -0.4 is 5.73 Å². The van der Waals surface area contributed by atoms with Gasteiger partial charge in [0.15, 0.2) is 0 Å². The molecule has 0 spiro atoms. The van der Waals surface area contributed by atoms with E-state index in [9.17, 15) is 0 Å². The molecule has 14 heavy (non-hydrogen) atoms. The molecule has 2 N–H and O–H groups in total. The fraction of sp³-hybridized carbons (Fsp3) is 0.100. The molecule has 2 rings (SSSR count). The van der Waals surface area contributed by atoms with Gasteiger partial charge >= 0.3 is 0 Å². The van der Waals surface area contributed by atoms with Crippen LogP contribution in [0.1, 0.15) is 5.69 Å². The minimum absolute atomic E-state index is 0.269. The smallest absolute Gasteiger partial charge is 0.220 e. The van der Waals surface area contributed by atoms with Crippen LogP contribution in [0.25, 0.3) is 11.4 Å². The molecule has 0 saturated carbocycles. The van der Waals surface area contributed by atoms with Crippen molar-refractivity contribution < 1.29 is 0 Å². The van der Waals surface area contributed by atoms with Crippen LogP contribution in [-0.4, -0.2) is 15.0 Å². The number of pyridine rings is 1. The Hall–Kier alpha value is -1.97. The number of nitrogen functional groups attached to an aromatic ring is 1. The number of nitrogens with two attached hydrogens (primary N) is 1. The fourth-order valence-corrected chi connectivity index (χ4v) is 1.20. The van der Waals surface area contributed by atoms with E-state index in [1.54, 1.807) is 12.3 Å². The van der Waals surface area contributed by atoms with Crippen molar-refractivity contribution in [2.24, 2.45) is 0 Å². The molecule has 2 aromatic rings. The summed E-state index contributed by atoms with van der Waals surface area (Å²) in [4.78, 5) is 12.3. The highest BCUT2D eigenvalue weighted by molar-refractivity contribution is 5.54. The van der Waals surface area contributed by atoms with Gasteiger partial charge in [-0.15, -0.1) is 0 Å². The Labute approximate surface area is 81.9 Å². The zero-order valence-corrected chi connectivity index (χ0v) is 7.81. The molecule has 0 bridgehead atoms. The molecule has 0 fully saturated rings. The topological polar surface area (TPSA) is 64.7 Å². The highest BCUT2D eigenvalue weighted by atomic mass is 15.0. The van der Waals surface area contributed by atoms with Gasteiger partial charge in [-0.1, -0.05) is 6.07 Å². The van der Waals surface area contributed by atoms with Gasteiger partial charge in [0.05, 0.1) is 11.4 Å². The zero-order chi connectivity index (χ0) is 9.97. The predicted octanol–water partition coefficient (Wildman–Crippen LogP) is 1.43. The second-order valence-electron chi connectivity index (χ2n) is 2.96. The molecular weight excluding hydrogens is 176 g/mol. The summed E-state index contributed by atoms with van der Waals surface area (Å²) in [5.41, 5.74) is 8.01. The molecule has 0 aliphatic heterocycles. The lowest BCUT2D eigenvalue weighted by Gasteiger charge is -2.00. The average molecular weight is 186 g/mol. The van der Waals surface area contributed by atoms with Crippen LogP contribution in [0, 0.1) is 6.92 Å². The van der Waals surface area contributed by atoms with Crippen LogP contribution in [0.5, 0.6) is 0 Å². The molecule has 2 aromatic heterocycles. The van der Waals surface area contributed by atoms with E-state index in [2.05, 4.69) is 15.0 Å². The number of hydrogen-bond donors (Lipinski definition) is 1. The zero-order valence-electron chi connectivity index (χ0n) is 7.81. The molecule has 4 heteroatoms. The molecule has 4 nitrogen and oxygen atoms in total. The standard InChI is InChI=1S/C10H10N4/c1-7-3-2-4-8(13-7)9-5-6-12-10(11)14-9/h2-6H,1H3,(H2,11,12,14). The number of nitrogens with zero attached hydrogens (tertiary/aromatic N) is 3. The number of rotatable bonds is 1. The molecule has 0 atom stereocenters. The van der Waals surface area contributed by atoms with Crippen LogP contribution in [0.15, 0.2) is 30.5 Å². The second kappa shape index (κ2) is 3.41. The van der Waals surface area contributed by atoms with Gasteiger partial charge in [0.1, 0.15) is 0 Å². The molecule has 0 unspecified atom stereocenters. The Bertz CT molecular complexity index is 410. The molecule has 0 aromatic carbocycles. The van der Waals surface area contributed by atoms with Gasteiger partial charge in [0.25, 0.3) is 0 Å².